The van der Waals surface area contributed by atoms with E-state index < -0.39 is 0 Å². The van der Waals surface area contributed by atoms with Crippen molar-refractivity contribution < 1.29 is 5.11 Å². The molecule has 18 heavy (non-hydrogen) atoms. The highest BCUT2D eigenvalue weighted by Gasteiger charge is 2.25. The predicted molar refractivity (Wildman–Crippen MR) is 77.2 cm³/mol. The zero-order chi connectivity index (χ0) is 13.1. The lowest BCUT2D eigenvalue weighted by Gasteiger charge is -2.37. The Hall–Kier alpha value is -0.730. The molecular formula is C15H22ClNO. The van der Waals surface area contributed by atoms with Crippen molar-refractivity contribution in [3.8, 4) is 0 Å². The Morgan fingerprint density at radius 1 is 1.33 bits per heavy atom. The number of nitrogens with zero attached hydrogens (tertiary/aromatic N) is 1. The summed E-state index contributed by atoms with van der Waals surface area (Å²) in [5.74, 6) is 0.736. The van der Waals surface area contributed by atoms with Crippen LogP contribution in [0.25, 0.3) is 0 Å². The number of benzene rings is 1. The molecule has 0 radical (unpaired) electrons. The first-order valence-corrected chi connectivity index (χ1v) is 7.13. The number of aliphatic hydroxyl groups excluding tert-OH is 1. The van der Waals surface area contributed by atoms with Crippen LogP contribution in [-0.4, -0.2) is 18.2 Å². The summed E-state index contributed by atoms with van der Waals surface area (Å²) in [5.41, 5.74) is 1.95. The minimum Gasteiger partial charge on any atom is -0.392 e. The van der Waals surface area contributed by atoms with Gasteiger partial charge in [-0.15, -0.1) is 0 Å². The molecule has 3 heteroatoms. The van der Waals surface area contributed by atoms with Crippen molar-refractivity contribution in [2.24, 2.45) is 5.92 Å². The molecule has 1 aromatic rings. The molecule has 1 N–H and O–H groups in total. The van der Waals surface area contributed by atoms with Gasteiger partial charge in [0.25, 0.3) is 0 Å². The molecule has 100 valence electrons. The van der Waals surface area contributed by atoms with Crippen molar-refractivity contribution in [1.29, 1.82) is 0 Å². The molecule has 2 nitrogen and oxygen atoms in total. The van der Waals surface area contributed by atoms with Crippen LogP contribution in [0.15, 0.2) is 18.2 Å². The summed E-state index contributed by atoms with van der Waals surface area (Å²) in [5, 5.41) is 9.80. The SMILES string of the molecule is CC1CCCCC1N(C)c1ccc(CO)c(Cl)c1. The molecule has 2 rings (SSSR count). The average molecular weight is 268 g/mol. The zero-order valence-electron chi connectivity index (χ0n) is 11.2. The van der Waals surface area contributed by atoms with Gasteiger partial charge in [0, 0.05) is 23.8 Å². The highest BCUT2D eigenvalue weighted by atomic mass is 35.5. The van der Waals surface area contributed by atoms with Gasteiger partial charge >= 0.3 is 0 Å². The number of rotatable bonds is 3. The van der Waals surface area contributed by atoms with Crippen LogP contribution in [0.5, 0.6) is 0 Å². The number of hydrogen-bond acceptors (Lipinski definition) is 2. The minimum atomic E-state index is 0.00264. The molecule has 1 fully saturated rings. The Morgan fingerprint density at radius 2 is 2.06 bits per heavy atom. The van der Waals surface area contributed by atoms with Gasteiger partial charge in [0.15, 0.2) is 0 Å². The van der Waals surface area contributed by atoms with Gasteiger partial charge in [-0.1, -0.05) is 37.4 Å². The van der Waals surface area contributed by atoms with Crippen molar-refractivity contribution in [2.45, 2.75) is 45.3 Å². The lowest BCUT2D eigenvalue weighted by molar-refractivity contribution is 0.282. The van der Waals surface area contributed by atoms with Gasteiger partial charge in [-0.25, -0.2) is 0 Å². The standard InChI is InChI=1S/C15H22ClNO/c1-11-5-3-4-6-15(11)17(2)13-8-7-12(10-18)14(16)9-13/h7-9,11,15,18H,3-6,10H2,1-2H3. The maximum absolute atomic E-state index is 9.14. The summed E-state index contributed by atoms with van der Waals surface area (Å²) >= 11 is 6.16. The molecule has 0 amide bonds. The molecule has 0 aliphatic heterocycles. The van der Waals surface area contributed by atoms with Crippen LogP contribution in [0, 0.1) is 5.92 Å². The Bertz CT molecular complexity index is 407. The molecule has 0 saturated heterocycles. The van der Waals surface area contributed by atoms with Crippen LogP contribution in [0.4, 0.5) is 5.69 Å². The Balaban J connectivity index is 2.17. The summed E-state index contributed by atoms with van der Waals surface area (Å²) < 4.78 is 0. The van der Waals surface area contributed by atoms with Crippen molar-refractivity contribution in [3.05, 3.63) is 28.8 Å². The molecule has 1 aliphatic rings. The van der Waals surface area contributed by atoms with Gasteiger partial charge in [-0.2, -0.15) is 0 Å². The predicted octanol–water partition coefficient (Wildman–Crippen LogP) is 3.85. The third kappa shape index (κ3) is 2.81. The second-order valence-electron chi connectivity index (χ2n) is 5.37. The molecule has 0 aromatic heterocycles. The third-order valence-corrected chi connectivity index (χ3v) is 4.53. The maximum Gasteiger partial charge on any atom is 0.0696 e. The Morgan fingerprint density at radius 3 is 2.67 bits per heavy atom. The molecule has 0 spiro atoms. The third-order valence-electron chi connectivity index (χ3n) is 4.18. The van der Waals surface area contributed by atoms with Crippen LogP contribution >= 0.6 is 11.6 Å². The van der Waals surface area contributed by atoms with Crippen LogP contribution in [0.2, 0.25) is 5.02 Å². The van der Waals surface area contributed by atoms with E-state index in [1.807, 2.05) is 12.1 Å². The molecule has 1 saturated carbocycles. The first kappa shape index (κ1) is 13.7. The number of aliphatic hydroxyl groups is 1. The lowest BCUT2D eigenvalue weighted by Crippen LogP contribution is -2.39. The normalized spacial score (nSPS) is 24.0. The van der Waals surface area contributed by atoms with E-state index in [9.17, 15) is 0 Å². The Labute approximate surface area is 115 Å². The quantitative estimate of drug-likeness (QED) is 0.899. The van der Waals surface area contributed by atoms with Gasteiger partial charge in [-0.05, 0) is 36.5 Å². The van der Waals surface area contributed by atoms with Crippen LogP contribution in [0.3, 0.4) is 0 Å². The van der Waals surface area contributed by atoms with E-state index in [1.54, 1.807) is 0 Å². The molecule has 2 unspecified atom stereocenters. The maximum atomic E-state index is 9.14. The second-order valence-corrected chi connectivity index (χ2v) is 5.78. The van der Waals surface area contributed by atoms with E-state index in [2.05, 4.69) is 24.9 Å². The summed E-state index contributed by atoms with van der Waals surface area (Å²) in [6.07, 6.45) is 5.26. The molecule has 0 bridgehead atoms. The molecule has 1 aromatic carbocycles. The summed E-state index contributed by atoms with van der Waals surface area (Å²) in [4.78, 5) is 2.34. The lowest BCUT2D eigenvalue weighted by atomic mass is 9.85. The fourth-order valence-corrected chi connectivity index (χ4v) is 3.18. The van der Waals surface area contributed by atoms with Crippen LogP contribution in [-0.2, 0) is 6.61 Å². The largest absolute Gasteiger partial charge is 0.392 e. The van der Waals surface area contributed by atoms with Crippen molar-refractivity contribution in [1.82, 2.24) is 0 Å². The molecular weight excluding hydrogens is 246 g/mol. The fourth-order valence-electron chi connectivity index (χ4n) is 2.95. The second kappa shape index (κ2) is 5.94. The first-order valence-electron chi connectivity index (χ1n) is 6.75. The monoisotopic (exact) mass is 267 g/mol. The van der Waals surface area contributed by atoms with Gasteiger partial charge < -0.3 is 10.0 Å². The smallest absolute Gasteiger partial charge is 0.0696 e. The molecule has 0 heterocycles. The zero-order valence-corrected chi connectivity index (χ0v) is 12.0. The van der Waals surface area contributed by atoms with Crippen molar-refractivity contribution in [3.63, 3.8) is 0 Å². The van der Waals surface area contributed by atoms with Gasteiger partial charge in [0.05, 0.1) is 6.61 Å². The van der Waals surface area contributed by atoms with E-state index >= 15 is 0 Å². The Kier molecular flexibility index (Phi) is 4.52. The molecule has 2 atom stereocenters. The number of hydrogen-bond donors (Lipinski definition) is 1. The van der Waals surface area contributed by atoms with Crippen molar-refractivity contribution >= 4 is 17.3 Å². The van der Waals surface area contributed by atoms with Gasteiger partial charge in [0.1, 0.15) is 0 Å². The van der Waals surface area contributed by atoms with Crippen LogP contribution < -0.4 is 4.90 Å². The number of anilines is 1. The summed E-state index contributed by atoms with van der Waals surface area (Å²) in [7, 11) is 2.15. The van der Waals surface area contributed by atoms with E-state index in [0.717, 1.165) is 17.2 Å². The van der Waals surface area contributed by atoms with Crippen molar-refractivity contribution in [2.75, 3.05) is 11.9 Å². The highest BCUT2D eigenvalue weighted by Crippen LogP contribution is 2.32. The van der Waals surface area contributed by atoms with E-state index in [4.69, 9.17) is 16.7 Å². The molecule has 1 aliphatic carbocycles. The van der Waals surface area contributed by atoms with Gasteiger partial charge in [-0.3, -0.25) is 0 Å². The number of halogens is 1. The topological polar surface area (TPSA) is 23.5 Å². The van der Waals surface area contributed by atoms with Crippen LogP contribution in [0.1, 0.15) is 38.2 Å². The van der Waals surface area contributed by atoms with E-state index in [1.165, 1.54) is 25.7 Å². The van der Waals surface area contributed by atoms with E-state index in [0.29, 0.717) is 11.1 Å². The minimum absolute atomic E-state index is 0.00264. The summed E-state index contributed by atoms with van der Waals surface area (Å²) in [6.45, 7) is 2.34. The van der Waals surface area contributed by atoms with E-state index in [-0.39, 0.29) is 6.61 Å². The highest BCUT2D eigenvalue weighted by molar-refractivity contribution is 6.31. The fraction of sp³-hybridized carbons (Fsp3) is 0.600. The first-order chi connectivity index (χ1) is 8.63. The average Bonchev–Trinajstić information content (AvgIpc) is 2.38. The summed E-state index contributed by atoms with van der Waals surface area (Å²) in [6, 6.07) is 6.55. The van der Waals surface area contributed by atoms with Gasteiger partial charge in [0.2, 0.25) is 0 Å².